The average Bonchev–Trinajstić information content (AvgIpc) is 3.23. The van der Waals surface area contributed by atoms with E-state index >= 15 is 0 Å². The molecule has 0 atom stereocenters. The number of anilines is 2. The highest BCUT2D eigenvalue weighted by Crippen LogP contribution is 2.34. The van der Waals surface area contributed by atoms with Gasteiger partial charge in [0.1, 0.15) is 9.71 Å². The van der Waals surface area contributed by atoms with E-state index in [0.717, 1.165) is 21.5 Å². The molecule has 0 aliphatic heterocycles. The smallest absolute Gasteiger partial charge is 0.269 e. The number of carbonyl (C=O) groups excluding carboxylic acids is 1. The van der Waals surface area contributed by atoms with Crippen LogP contribution < -0.4 is 11.1 Å². The summed E-state index contributed by atoms with van der Waals surface area (Å²) in [6, 6.07) is 13.7. The number of hydrogen-bond acceptors (Lipinski definition) is 6. The fraction of sp³-hybridized carbons (Fsp3) is 0. The standard InChI is InChI=1S/C17H12N4OS2/c18-13-11-6-7-12(10-4-2-1-3-5-10)20-16(11)24-14(13)15(22)21-17-19-8-9-23-17/h1-9H,18H2,(H,19,21,22). The lowest BCUT2D eigenvalue weighted by Crippen LogP contribution is -2.11. The summed E-state index contributed by atoms with van der Waals surface area (Å²) < 4.78 is 0. The number of rotatable bonds is 3. The number of carbonyl (C=O) groups is 1. The lowest BCUT2D eigenvalue weighted by atomic mass is 10.1. The number of nitrogen functional groups attached to an aromatic ring is 1. The van der Waals surface area contributed by atoms with Gasteiger partial charge in [-0.2, -0.15) is 0 Å². The first-order valence-electron chi connectivity index (χ1n) is 7.17. The Morgan fingerprint density at radius 1 is 1.12 bits per heavy atom. The molecule has 7 heteroatoms. The van der Waals surface area contributed by atoms with Crippen molar-refractivity contribution < 1.29 is 4.79 Å². The molecule has 0 aliphatic rings. The summed E-state index contributed by atoms with van der Waals surface area (Å²) in [5.74, 6) is -0.258. The number of nitrogens with one attached hydrogen (secondary N) is 1. The van der Waals surface area contributed by atoms with Crippen molar-refractivity contribution in [3.05, 3.63) is 58.9 Å². The molecule has 0 fully saturated rings. The first-order chi connectivity index (χ1) is 11.7. The number of nitrogens with two attached hydrogens (primary N) is 1. The van der Waals surface area contributed by atoms with Crippen molar-refractivity contribution in [2.45, 2.75) is 0 Å². The van der Waals surface area contributed by atoms with Gasteiger partial charge in [0.15, 0.2) is 5.13 Å². The fourth-order valence-corrected chi connectivity index (χ4v) is 3.89. The maximum absolute atomic E-state index is 12.4. The minimum absolute atomic E-state index is 0.258. The summed E-state index contributed by atoms with van der Waals surface area (Å²) in [5, 5.41) is 5.91. The van der Waals surface area contributed by atoms with Gasteiger partial charge in [0.25, 0.3) is 5.91 Å². The van der Waals surface area contributed by atoms with Crippen LogP contribution in [-0.2, 0) is 0 Å². The van der Waals surface area contributed by atoms with Crippen LogP contribution >= 0.6 is 22.7 Å². The zero-order chi connectivity index (χ0) is 16.5. The summed E-state index contributed by atoms with van der Waals surface area (Å²) >= 11 is 2.65. The normalized spacial score (nSPS) is 10.8. The van der Waals surface area contributed by atoms with E-state index < -0.39 is 0 Å². The van der Waals surface area contributed by atoms with Gasteiger partial charge in [0.05, 0.1) is 11.4 Å². The molecular formula is C17H12N4OS2. The topological polar surface area (TPSA) is 80.9 Å². The van der Waals surface area contributed by atoms with Gasteiger partial charge in [0.2, 0.25) is 0 Å². The van der Waals surface area contributed by atoms with E-state index in [0.29, 0.717) is 15.7 Å². The minimum atomic E-state index is -0.258. The molecule has 3 aromatic heterocycles. The molecule has 3 heterocycles. The van der Waals surface area contributed by atoms with Gasteiger partial charge in [-0.3, -0.25) is 10.1 Å². The lowest BCUT2D eigenvalue weighted by molar-refractivity contribution is 0.103. The van der Waals surface area contributed by atoms with E-state index in [9.17, 15) is 4.79 Å². The summed E-state index contributed by atoms with van der Waals surface area (Å²) in [5.41, 5.74) is 8.49. The predicted octanol–water partition coefficient (Wildman–Crippen LogP) is 4.25. The van der Waals surface area contributed by atoms with Crippen molar-refractivity contribution in [3.8, 4) is 11.3 Å². The molecule has 1 aromatic carbocycles. The SMILES string of the molecule is Nc1c(C(=O)Nc2nccs2)sc2nc(-c3ccccc3)ccc12. The summed E-state index contributed by atoms with van der Waals surface area (Å²) in [4.78, 5) is 22.3. The van der Waals surface area contributed by atoms with Gasteiger partial charge >= 0.3 is 0 Å². The second-order valence-corrected chi connectivity index (χ2v) is 6.95. The third-order valence-electron chi connectivity index (χ3n) is 3.52. The Morgan fingerprint density at radius 3 is 2.71 bits per heavy atom. The van der Waals surface area contributed by atoms with Crippen LogP contribution in [-0.4, -0.2) is 15.9 Å². The average molecular weight is 352 g/mol. The quantitative estimate of drug-likeness (QED) is 0.577. The number of nitrogens with zero attached hydrogens (tertiary/aromatic N) is 2. The Bertz CT molecular complexity index is 1010. The molecule has 4 rings (SSSR count). The number of pyridine rings is 1. The van der Waals surface area contributed by atoms with E-state index in [4.69, 9.17) is 5.73 Å². The number of hydrogen-bond donors (Lipinski definition) is 2. The molecule has 0 aliphatic carbocycles. The van der Waals surface area contributed by atoms with E-state index in [1.165, 1.54) is 22.7 Å². The zero-order valence-corrected chi connectivity index (χ0v) is 14.0. The Morgan fingerprint density at radius 2 is 1.96 bits per heavy atom. The predicted molar refractivity (Wildman–Crippen MR) is 99.5 cm³/mol. The molecular weight excluding hydrogens is 340 g/mol. The van der Waals surface area contributed by atoms with Crippen LogP contribution in [0.25, 0.3) is 21.5 Å². The van der Waals surface area contributed by atoms with Crippen molar-refractivity contribution >= 4 is 49.6 Å². The van der Waals surface area contributed by atoms with E-state index in [2.05, 4.69) is 15.3 Å². The number of amides is 1. The van der Waals surface area contributed by atoms with Gasteiger partial charge in [-0.25, -0.2) is 9.97 Å². The molecule has 0 spiro atoms. The second-order valence-electron chi connectivity index (χ2n) is 5.05. The van der Waals surface area contributed by atoms with Crippen LogP contribution in [0.5, 0.6) is 0 Å². The second kappa shape index (κ2) is 6.03. The summed E-state index contributed by atoms with van der Waals surface area (Å²) in [7, 11) is 0. The maximum Gasteiger partial charge on any atom is 0.269 e. The third kappa shape index (κ3) is 2.64. The van der Waals surface area contributed by atoms with Crippen LogP contribution in [0.2, 0.25) is 0 Å². The van der Waals surface area contributed by atoms with Gasteiger partial charge < -0.3 is 5.73 Å². The lowest BCUT2D eigenvalue weighted by Gasteiger charge is -2.00. The molecule has 3 N–H and O–H groups in total. The van der Waals surface area contributed by atoms with Crippen LogP contribution in [0.15, 0.2) is 54.0 Å². The Balaban J connectivity index is 1.73. The van der Waals surface area contributed by atoms with E-state index in [1.807, 2.05) is 42.5 Å². The molecule has 4 aromatic rings. The molecule has 0 bridgehead atoms. The first-order valence-corrected chi connectivity index (χ1v) is 8.87. The van der Waals surface area contributed by atoms with Gasteiger partial charge in [-0.1, -0.05) is 30.3 Å². The summed E-state index contributed by atoms with van der Waals surface area (Å²) in [6.45, 7) is 0. The molecule has 118 valence electrons. The van der Waals surface area contributed by atoms with Gasteiger partial charge in [-0.15, -0.1) is 22.7 Å². The van der Waals surface area contributed by atoms with E-state index in [1.54, 1.807) is 11.6 Å². The molecule has 0 saturated carbocycles. The van der Waals surface area contributed by atoms with Crippen molar-refractivity contribution in [2.75, 3.05) is 11.1 Å². The number of thiophene rings is 1. The molecule has 0 radical (unpaired) electrons. The molecule has 24 heavy (non-hydrogen) atoms. The minimum Gasteiger partial charge on any atom is -0.397 e. The monoisotopic (exact) mass is 352 g/mol. The highest BCUT2D eigenvalue weighted by Gasteiger charge is 2.18. The fourth-order valence-electron chi connectivity index (χ4n) is 2.37. The van der Waals surface area contributed by atoms with Gasteiger partial charge in [-0.05, 0) is 12.1 Å². The number of thiazole rings is 1. The maximum atomic E-state index is 12.4. The van der Waals surface area contributed by atoms with Crippen LogP contribution in [0, 0.1) is 0 Å². The molecule has 1 amide bonds. The highest BCUT2D eigenvalue weighted by molar-refractivity contribution is 7.21. The number of aromatic nitrogens is 2. The van der Waals surface area contributed by atoms with Crippen LogP contribution in [0.1, 0.15) is 9.67 Å². The van der Waals surface area contributed by atoms with Crippen LogP contribution in [0.4, 0.5) is 10.8 Å². The summed E-state index contributed by atoms with van der Waals surface area (Å²) in [6.07, 6.45) is 1.64. The first kappa shape index (κ1) is 14.8. The van der Waals surface area contributed by atoms with Gasteiger partial charge in [0, 0.05) is 22.5 Å². The molecule has 0 unspecified atom stereocenters. The largest absolute Gasteiger partial charge is 0.397 e. The van der Waals surface area contributed by atoms with Crippen molar-refractivity contribution in [2.24, 2.45) is 0 Å². The Hall–Kier alpha value is -2.77. The number of benzene rings is 1. The molecule has 0 saturated heterocycles. The van der Waals surface area contributed by atoms with Crippen molar-refractivity contribution in [3.63, 3.8) is 0 Å². The van der Waals surface area contributed by atoms with Crippen molar-refractivity contribution in [1.82, 2.24) is 9.97 Å². The number of fused-ring (bicyclic) bond motifs is 1. The van der Waals surface area contributed by atoms with Crippen LogP contribution in [0.3, 0.4) is 0 Å². The van der Waals surface area contributed by atoms with Crippen molar-refractivity contribution in [1.29, 1.82) is 0 Å². The zero-order valence-electron chi connectivity index (χ0n) is 12.4. The Labute approximate surface area is 145 Å². The highest BCUT2D eigenvalue weighted by atomic mass is 32.1. The van der Waals surface area contributed by atoms with E-state index in [-0.39, 0.29) is 5.91 Å². The molecule has 5 nitrogen and oxygen atoms in total. The third-order valence-corrected chi connectivity index (χ3v) is 5.32. The Kier molecular flexibility index (Phi) is 3.72.